The van der Waals surface area contributed by atoms with Gasteiger partial charge in [0, 0.05) is 26.2 Å². The van der Waals surface area contributed by atoms with Gasteiger partial charge in [0.05, 0.1) is 59.5 Å². The molecule has 0 unspecified atom stereocenters. The molecule has 0 heterocycles. The lowest BCUT2D eigenvalue weighted by atomic mass is 10.4. The number of rotatable bonds is 22. The minimum atomic E-state index is 0. The van der Waals surface area contributed by atoms with Crippen LogP contribution in [0.25, 0.3) is 0 Å². The summed E-state index contributed by atoms with van der Waals surface area (Å²) in [4.78, 5) is 2.32. The summed E-state index contributed by atoms with van der Waals surface area (Å²) in [5, 5.41) is 3.04. The fraction of sp³-hybridized carbons (Fsp3) is 1.00. The maximum absolute atomic E-state index is 5.62. The van der Waals surface area contributed by atoms with Crippen molar-refractivity contribution in [2.24, 2.45) is 0 Å². The Balaban J connectivity index is -0.000000817. The number of hydrogen-bond donors (Lipinski definition) is 1. The first-order valence-corrected chi connectivity index (χ1v) is 11.1. The molecule has 0 atom stereocenters. The molecule has 0 aliphatic heterocycles. The van der Waals surface area contributed by atoms with Crippen LogP contribution in [0.4, 0.5) is 0 Å². The highest BCUT2D eigenvalue weighted by Gasteiger charge is 2.02. The zero-order valence-electron chi connectivity index (χ0n) is 20.3. The predicted molar refractivity (Wildman–Crippen MR) is 124 cm³/mol. The summed E-state index contributed by atoms with van der Waals surface area (Å²) < 4.78 is 27.5. The lowest BCUT2D eigenvalue weighted by Gasteiger charge is -2.20. The first kappa shape index (κ1) is 37.0. The summed E-state index contributed by atoms with van der Waals surface area (Å²) in [7, 11) is 1.92. The molecule has 0 saturated carbocycles. The van der Waals surface area contributed by atoms with E-state index in [1.165, 1.54) is 6.42 Å². The molecule has 0 amide bonds. The molecule has 0 fully saturated rings. The number of nitrogens with one attached hydrogen (secondary N) is 1. The molecule has 0 aromatic rings. The van der Waals surface area contributed by atoms with E-state index in [4.69, 9.17) is 23.7 Å². The average Bonchev–Trinajstić information content (AvgIpc) is 2.73. The van der Waals surface area contributed by atoms with Gasteiger partial charge in [0.25, 0.3) is 0 Å². The van der Waals surface area contributed by atoms with Gasteiger partial charge < -0.3 is 40.0 Å². The van der Waals surface area contributed by atoms with Crippen LogP contribution in [0.3, 0.4) is 0 Å². The minimum absolute atomic E-state index is 0. The van der Waals surface area contributed by atoms with Crippen molar-refractivity contribution in [1.29, 1.82) is 0 Å². The van der Waals surface area contributed by atoms with Gasteiger partial charge in [-0.05, 0) is 20.0 Å². The molecular formula is C21H52N2O7. The van der Waals surface area contributed by atoms with Crippen LogP contribution in [0.2, 0.25) is 0 Å². The molecule has 0 aliphatic carbocycles. The second-order valence-electron chi connectivity index (χ2n) is 5.95. The monoisotopic (exact) mass is 444 g/mol. The van der Waals surface area contributed by atoms with Crippen LogP contribution in [-0.2, 0) is 23.7 Å². The van der Waals surface area contributed by atoms with E-state index >= 15 is 0 Å². The molecule has 0 aromatic carbocycles. The van der Waals surface area contributed by atoms with Crippen LogP contribution < -0.4 is 5.32 Å². The molecule has 188 valence electrons. The normalized spacial score (nSPS) is 10.2. The van der Waals surface area contributed by atoms with Crippen molar-refractivity contribution in [2.45, 2.75) is 40.5 Å². The minimum Gasteiger partial charge on any atom is -0.412 e. The van der Waals surface area contributed by atoms with Gasteiger partial charge in [-0.1, -0.05) is 34.1 Å². The molecule has 0 bridgehead atoms. The van der Waals surface area contributed by atoms with Gasteiger partial charge in [-0.15, -0.1) is 0 Å². The number of likely N-dealkylation sites (N-methyl/N-ethyl adjacent to an activating group) is 2. The Labute approximate surface area is 185 Å². The van der Waals surface area contributed by atoms with Crippen LogP contribution in [-0.4, -0.2) is 115 Å². The number of hydrogen-bond acceptors (Lipinski definition) is 7. The predicted octanol–water partition coefficient (Wildman–Crippen LogP) is 0.788. The summed E-state index contributed by atoms with van der Waals surface area (Å²) in [6.45, 7) is 18.9. The molecule has 0 spiro atoms. The Morgan fingerprint density at radius 1 is 0.600 bits per heavy atom. The third-order valence-electron chi connectivity index (χ3n) is 3.81. The molecule has 0 aromatic heterocycles. The lowest BCUT2D eigenvalue weighted by molar-refractivity contribution is 0.00726. The Hall–Kier alpha value is -0.360. The maximum atomic E-state index is 5.62. The fourth-order valence-electron chi connectivity index (χ4n) is 2.10. The Bertz CT molecular complexity index is 266. The van der Waals surface area contributed by atoms with E-state index in [9.17, 15) is 0 Å². The number of ether oxygens (including phenoxy) is 5. The summed E-state index contributed by atoms with van der Waals surface area (Å²) in [6, 6.07) is 0. The standard InChI is InChI=1S/C19H42N2O5.C2H6.2H2O/c1-4-6-10-22-14-18-26-19-17-25-13-9-21(5-2)8-12-24-16-15-23-11-7-20-3;1-2;;/h20H,4-19H2,1-3H3;1-2H3;2*1H2. The highest BCUT2D eigenvalue weighted by molar-refractivity contribution is 4.54. The molecule has 0 saturated heterocycles. The van der Waals surface area contributed by atoms with Gasteiger partial charge in [-0.3, -0.25) is 4.90 Å². The zero-order valence-corrected chi connectivity index (χ0v) is 20.3. The summed E-state index contributed by atoms with van der Waals surface area (Å²) in [6.07, 6.45) is 2.29. The van der Waals surface area contributed by atoms with E-state index < -0.39 is 0 Å². The smallest absolute Gasteiger partial charge is 0.0701 e. The van der Waals surface area contributed by atoms with Crippen LogP contribution in [0.1, 0.15) is 40.5 Å². The van der Waals surface area contributed by atoms with E-state index in [0.717, 1.165) is 59.0 Å². The molecule has 0 aliphatic rings. The fourth-order valence-corrected chi connectivity index (χ4v) is 2.10. The van der Waals surface area contributed by atoms with Gasteiger partial charge >= 0.3 is 0 Å². The summed E-state index contributed by atoms with van der Waals surface area (Å²) >= 11 is 0. The van der Waals surface area contributed by atoms with Crippen molar-refractivity contribution in [3.05, 3.63) is 0 Å². The first-order chi connectivity index (χ1) is 13.8. The van der Waals surface area contributed by atoms with Crippen LogP contribution in [0.15, 0.2) is 0 Å². The molecule has 30 heavy (non-hydrogen) atoms. The van der Waals surface area contributed by atoms with E-state index in [2.05, 4.69) is 24.1 Å². The van der Waals surface area contributed by atoms with E-state index in [1.807, 2.05) is 20.9 Å². The molecular weight excluding hydrogens is 392 g/mol. The van der Waals surface area contributed by atoms with Gasteiger partial charge in [0.1, 0.15) is 0 Å². The van der Waals surface area contributed by atoms with Crippen molar-refractivity contribution < 1.29 is 34.6 Å². The van der Waals surface area contributed by atoms with Gasteiger partial charge in [-0.25, -0.2) is 0 Å². The Kier molecular flexibility index (Phi) is 44.4. The van der Waals surface area contributed by atoms with Crippen molar-refractivity contribution >= 4 is 0 Å². The van der Waals surface area contributed by atoms with Crippen molar-refractivity contribution in [1.82, 2.24) is 10.2 Å². The first-order valence-electron chi connectivity index (χ1n) is 11.1. The van der Waals surface area contributed by atoms with E-state index in [0.29, 0.717) is 39.6 Å². The van der Waals surface area contributed by atoms with Gasteiger partial charge in [0.2, 0.25) is 0 Å². The molecule has 9 heteroatoms. The second kappa shape index (κ2) is 36.0. The lowest BCUT2D eigenvalue weighted by Crippen LogP contribution is -2.31. The van der Waals surface area contributed by atoms with E-state index in [1.54, 1.807) is 0 Å². The second-order valence-corrected chi connectivity index (χ2v) is 5.95. The largest absolute Gasteiger partial charge is 0.412 e. The quantitative estimate of drug-likeness (QED) is 0.245. The SMILES string of the molecule is CC.CCCCOCCOCCOCCN(CC)CCOCCOCCNC.O.O. The Morgan fingerprint density at radius 3 is 1.40 bits per heavy atom. The topological polar surface area (TPSA) is 124 Å². The number of nitrogens with zero attached hydrogens (tertiary/aromatic N) is 1. The van der Waals surface area contributed by atoms with E-state index in [-0.39, 0.29) is 11.0 Å². The van der Waals surface area contributed by atoms with Crippen molar-refractivity contribution in [3.63, 3.8) is 0 Å². The van der Waals surface area contributed by atoms with Gasteiger partial charge in [-0.2, -0.15) is 0 Å². The maximum Gasteiger partial charge on any atom is 0.0701 e. The third-order valence-corrected chi connectivity index (χ3v) is 3.81. The summed E-state index contributed by atoms with van der Waals surface area (Å²) in [5.41, 5.74) is 0. The van der Waals surface area contributed by atoms with Crippen molar-refractivity contribution in [2.75, 3.05) is 99.3 Å². The average molecular weight is 445 g/mol. The van der Waals surface area contributed by atoms with Crippen LogP contribution >= 0.6 is 0 Å². The van der Waals surface area contributed by atoms with Crippen LogP contribution in [0, 0.1) is 0 Å². The highest BCUT2D eigenvalue weighted by atomic mass is 16.5. The Morgan fingerprint density at radius 2 is 1.00 bits per heavy atom. The molecule has 0 radical (unpaired) electrons. The molecule has 9 nitrogen and oxygen atoms in total. The number of unbranched alkanes of at least 4 members (excludes halogenated alkanes) is 1. The highest BCUT2D eigenvalue weighted by Crippen LogP contribution is 1.91. The zero-order chi connectivity index (χ0) is 21.1. The summed E-state index contributed by atoms with van der Waals surface area (Å²) in [5.74, 6) is 0. The van der Waals surface area contributed by atoms with Crippen molar-refractivity contribution in [3.8, 4) is 0 Å². The molecule has 5 N–H and O–H groups in total. The molecule has 0 rings (SSSR count). The third kappa shape index (κ3) is 32.3. The van der Waals surface area contributed by atoms with Crippen LogP contribution in [0.5, 0.6) is 0 Å². The van der Waals surface area contributed by atoms with Gasteiger partial charge in [0.15, 0.2) is 0 Å².